The minimum absolute atomic E-state index is 0.103. The fourth-order valence-electron chi connectivity index (χ4n) is 3.30. The lowest BCUT2D eigenvalue weighted by atomic mass is 9.88. The van der Waals surface area contributed by atoms with Gasteiger partial charge in [0.15, 0.2) is 34.5 Å². The van der Waals surface area contributed by atoms with Crippen LogP contribution in [-0.4, -0.2) is 30.6 Å². The molecule has 2 atom stereocenters. The molecule has 0 bridgehead atoms. The van der Waals surface area contributed by atoms with E-state index in [0.717, 1.165) is 11.1 Å². The molecule has 0 heterocycles. The number of allylic oxidation sites excluding steroid dienone is 1. The Morgan fingerprint density at radius 3 is 1.70 bits per heavy atom. The third-order valence-corrected chi connectivity index (χ3v) is 5.24. The van der Waals surface area contributed by atoms with E-state index in [1.54, 1.807) is 18.2 Å². The first-order valence-corrected chi connectivity index (χ1v) is 9.45. The van der Waals surface area contributed by atoms with Crippen LogP contribution in [0.2, 0.25) is 0 Å². The summed E-state index contributed by atoms with van der Waals surface area (Å²) in [5.41, 5.74) is 2.90. The molecule has 0 fully saturated rings. The predicted molar refractivity (Wildman–Crippen MR) is 114 cm³/mol. The van der Waals surface area contributed by atoms with Crippen LogP contribution < -0.4 is 0 Å². The van der Waals surface area contributed by atoms with Crippen LogP contribution >= 0.6 is 0 Å². The average molecular weight is 408 g/mol. The van der Waals surface area contributed by atoms with Gasteiger partial charge in [0, 0.05) is 5.92 Å². The normalized spacial score (nSPS) is 13.4. The maximum Gasteiger partial charge on any atom is 0.158 e. The van der Waals surface area contributed by atoms with Gasteiger partial charge in [0.1, 0.15) is 0 Å². The number of rotatable bonds is 5. The first-order chi connectivity index (χ1) is 14.2. The van der Waals surface area contributed by atoms with Gasteiger partial charge in [-0.2, -0.15) is 0 Å². The molecule has 6 N–H and O–H groups in total. The van der Waals surface area contributed by atoms with Crippen LogP contribution in [0.15, 0.2) is 54.6 Å². The Bertz CT molecular complexity index is 1100. The molecule has 0 saturated heterocycles. The van der Waals surface area contributed by atoms with Gasteiger partial charge in [-0.1, -0.05) is 38.1 Å². The van der Waals surface area contributed by atoms with Gasteiger partial charge in [-0.15, -0.1) is 0 Å². The number of aromatic hydroxyl groups is 6. The highest BCUT2D eigenvalue weighted by atomic mass is 16.3. The van der Waals surface area contributed by atoms with E-state index < -0.39 is 0 Å². The van der Waals surface area contributed by atoms with E-state index in [-0.39, 0.29) is 46.3 Å². The Labute approximate surface area is 174 Å². The number of phenolic OH excluding ortho intramolecular Hbond substituents is 6. The molecule has 6 nitrogen and oxygen atoms in total. The molecule has 30 heavy (non-hydrogen) atoms. The minimum Gasteiger partial charge on any atom is -0.504 e. The second-order valence-electron chi connectivity index (χ2n) is 7.34. The largest absolute Gasteiger partial charge is 0.504 e. The van der Waals surface area contributed by atoms with Crippen LogP contribution in [0.4, 0.5) is 0 Å². The molecule has 6 heteroatoms. The van der Waals surface area contributed by atoms with E-state index >= 15 is 0 Å². The number of hydrogen-bond donors (Lipinski definition) is 6. The quantitative estimate of drug-likeness (QED) is 0.334. The summed E-state index contributed by atoms with van der Waals surface area (Å²) >= 11 is 0. The summed E-state index contributed by atoms with van der Waals surface area (Å²) in [5, 5.41) is 58.6. The SMILES string of the molecule is CC(/C=C/c1cc(O)c(O)cc1C(C)c1ccc(O)c(O)c1)c1ccc(O)c(O)c1. The minimum atomic E-state index is -0.256. The van der Waals surface area contributed by atoms with E-state index in [1.165, 1.54) is 36.4 Å². The van der Waals surface area contributed by atoms with E-state index in [9.17, 15) is 30.6 Å². The summed E-state index contributed by atoms with van der Waals surface area (Å²) < 4.78 is 0. The highest BCUT2D eigenvalue weighted by Gasteiger charge is 2.17. The standard InChI is InChI=1S/C24H24O6/c1-13(15-5-7-19(25)21(27)9-15)3-4-17-11-23(29)24(30)12-18(17)14(2)16-6-8-20(26)22(28)10-16/h3-14,25-30H,1-2H3/b4-3+. The Kier molecular flexibility index (Phi) is 5.78. The summed E-state index contributed by atoms with van der Waals surface area (Å²) in [6, 6.07) is 12.1. The van der Waals surface area contributed by atoms with Crippen molar-refractivity contribution in [3.63, 3.8) is 0 Å². The van der Waals surface area contributed by atoms with E-state index in [4.69, 9.17) is 0 Å². The van der Waals surface area contributed by atoms with Gasteiger partial charge >= 0.3 is 0 Å². The van der Waals surface area contributed by atoms with Crippen molar-refractivity contribution in [3.05, 3.63) is 76.9 Å². The predicted octanol–water partition coefficient (Wildman–Crippen LogP) is 4.89. The molecule has 3 aromatic rings. The van der Waals surface area contributed by atoms with Crippen molar-refractivity contribution in [2.45, 2.75) is 25.7 Å². The van der Waals surface area contributed by atoms with Crippen molar-refractivity contribution in [1.82, 2.24) is 0 Å². The van der Waals surface area contributed by atoms with Gasteiger partial charge in [-0.25, -0.2) is 0 Å². The van der Waals surface area contributed by atoms with Crippen LogP contribution in [-0.2, 0) is 0 Å². The molecular weight excluding hydrogens is 384 g/mol. The zero-order valence-electron chi connectivity index (χ0n) is 16.6. The first kappa shape index (κ1) is 20.9. The monoisotopic (exact) mass is 408 g/mol. The third-order valence-electron chi connectivity index (χ3n) is 5.24. The molecule has 0 aliphatic heterocycles. The summed E-state index contributed by atoms with van der Waals surface area (Å²) in [5.74, 6) is -1.71. The summed E-state index contributed by atoms with van der Waals surface area (Å²) in [7, 11) is 0. The van der Waals surface area contributed by atoms with Crippen molar-refractivity contribution < 1.29 is 30.6 Å². The summed E-state index contributed by atoms with van der Waals surface area (Å²) in [4.78, 5) is 0. The Morgan fingerprint density at radius 2 is 1.10 bits per heavy atom. The van der Waals surface area contributed by atoms with Gasteiger partial charge in [-0.3, -0.25) is 0 Å². The fraction of sp³-hybridized carbons (Fsp3) is 0.167. The molecule has 0 aliphatic rings. The third kappa shape index (κ3) is 4.27. The lowest BCUT2D eigenvalue weighted by Gasteiger charge is -2.17. The van der Waals surface area contributed by atoms with Crippen LogP contribution in [0.25, 0.3) is 6.08 Å². The smallest absolute Gasteiger partial charge is 0.158 e. The Hall–Kier alpha value is -3.80. The average Bonchev–Trinajstić information content (AvgIpc) is 2.71. The lowest BCUT2D eigenvalue weighted by Crippen LogP contribution is -1.99. The van der Waals surface area contributed by atoms with Gasteiger partial charge < -0.3 is 30.6 Å². The molecule has 0 amide bonds. The fourth-order valence-corrected chi connectivity index (χ4v) is 3.30. The maximum atomic E-state index is 10.0. The number of hydrogen-bond acceptors (Lipinski definition) is 6. The van der Waals surface area contributed by atoms with Gasteiger partial charge in [0.2, 0.25) is 0 Å². The van der Waals surface area contributed by atoms with Crippen LogP contribution in [0, 0.1) is 0 Å². The van der Waals surface area contributed by atoms with Gasteiger partial charge in [0.05, 0.1) is 0 Å². The molecule has 3 aromatic carbocycles. The van der Waals surface area contributed by atoms with Crippen molar-refractivity contribution >= 4 is 6.08 Å². The van der Waals surface area contributed by atoms with E-state index in [1.807, 2.05) is 19.9 Å². The molecule has 2 unspecified atom stereocenters. The molecule has 156 valence electrons. The second-order valence-corrected chi connectivity index (χ2v) is 7.34. The number of phenols is 6. The first-order valence-electron chi connectivity index (χ1n) is 9.45. The summed E-state index contributed by atoms with van der Waals surface area (Å²) in [6.45, 7) is 3.81. The molecule has 0 radical (unpaired) electrons. The lowest BCUT2D eigenvalue weighted by molar-refractivity contribution is 0.402. The van der Waals surface area contributed by atoms with Crippen LogP contribution in [0.1, 0.15) is 47.9 Å². The molecule has 0 aromatic heterocycles. The van der Waals surface area contributed by atoms with E-state index in [2.05, 4.69) is 0 Å². The Morgan fingerprint density at radius 1 is 0.600 bits per heavy atom. The molecule has 0 saturated carbocycles. The highest BCUT2D eigenvalue weighted by molar-refractivity contribution is 5.63. The zero-order valence-corrected chi connectivity index (χ0v) is 16.6. The zero-order chi connectivity index (χ0) is 22.0. The Balaban J connectivity index is 1.97. The molecule has 3 rings (SSSR count). The second kappa shape index (κ2) is 8.29. The van der Waals surface area contributed by atoms with Crippen LogP contribution in [0.5, 0.6) is 34.5 Å². The molecular formula is C24H24O6. The topological polar surface area (TPSA) is 121 Å². The van der Waals surface area contributed by atoms with Crippen molar-refractivity contribution in [1.29, 1.82) is 0 Å². The highest BCUT2D eigenvalue weighted by Crippen LogP contribution is 2.38. The van der Waals surface area contributed by atoms with Crippen molar-refractivity contribution in [2.24, 2.45) is 0 Å². The molecule has 0 aliphatic carbocycles. The van der Waals surface area contributed by atoms with Gasteiger partial charge in [0.25, 0.3) is 0 Å². The number of benzene rings is 3. The van der Waals surface area contributed by atoms with Crippen molar-refractivity contribution in [3.8, 4) is 34.5 Å². The van der Waals surface area contributed by atoms with Gasteiger partial charge in [-0.05, 0) is 64.6 Å². The van der Waals surface area contributed by atoms with E-state index in [0.29, 0.717) is 11.1 Å². The molecule has 0 spiro atoms. The maximum absolute atomic E-state index is 10.0. The van der Waals surface area contributed by atoms with Crippen molar-refractivity contribution in [2.75, 3.05) is 0 Å². The summed E-state index contributed by atoms with van der Waals surface area (Å²) in [6.07, 6.45) is 3.68. The van der Waals surface area contributed by atoms with Crippen LogP contribution in [0.3, 0.4) is 0 Å².